The number of halogens is 1. The van der Waals surface area contributed by atoms with Crippen LogP contribution in [0.2, 0.25) is 0 Å². The van der Waals surface area contributed by atoms with Crippen LogP contribution in [0.4, 0.5) is 0 Å². The van der Waals surface area contributed by atoms with Crippen molar-refractivity contribution in [1.29, 1.82) is 0 Å². The molecule has 0 bridgehead atoms. The van der Waals surface area contributed by atoms with E-state index in [1.54, 1.807) is 6.92 Å². The number of epoxide rings is 1. The predicted molar refractivity (Wildman–Crippen MR) is 131 cm³/mol. The van der Waals surface area contributed by atoms with E-state index >= 15 is 0 Å². The molecule has 0 amide bonds. The molecule has 4 rings (SSSR count). The van der Waals surface area contributed by atoms with E-state index in [1.807, 2.05) is 0 Å². The Kier molecular flexibility index (Phi) is 7.39. The van der Waals surface area contributed by atoms with Crippen LogP contribution in [0.15, 0.2) is 11.6 Å². The second kappa shape index (κ2) is 9.69. The van der Waals surface area contributed by atoms with Crippen LogP contribution >= 0.6 is 11.6 Å². The van der Waals surface area contributed by atoms with Gasteiger partial charge < -0.3 is 39.0 Å². The number of hydrogen-bond donors (Lipinski definition) is 3. The summed E-state index contributed by atoms with van der Waals surface area (Å²) in [6.45, 7) is 7.77. The van der Waals surface area contributed by atoms with Crippen molar-refractivity contribution >= 4 is 35.5 Å². The number of aliphatic hydroxyl groups is 3. The minimum absolute atomic E-state index is 0.189. The molecule has 4 aliphatic rings. The molecule has 0 unspecified atom stereocenters. The van der Waals surface area contributed by atoms with Gasteiger partial charge in [0, 0.05) is 45.4 Å². The van der Waals surface area contributed by atoms with Gasteiger partial charge in [-0.05, 0) is 25.5 Å². The van der Waals surface area contributed by atoms with Gasteiger partial charge in [0.25, 0.3) is 0 Å². The molecule has 1 spiro atoms. The third kappa shape index (κ3) is 4.35. The number of fused-ring (bicyclic) bond motifs is 1. The molecule has 13 heteroatoms. The molecule has 3 fully saturated rings. The lowest BCUT2D eigenvalue weighted by Gasteiger charge is -2.59. The first-order valence-electron chi connectivity index (χ1n) is 12.7. The molecule has 0 radical (unpaired) electrons. The monoisotopic (exact) mass is 574 g/mol. The summed E-state index contributed by atoms with van der Waals surface area (Å²) in [4.78, 5) is 49.7. The lowest BCUT2D eigenvalue weighted by atomic mass is 9.51. The molecule has 0 aromatic carbocycles. The number of carbonyl (C=O) groups is 4. The molecular formula is C26H35ClO12. The molecule has 2 heterocycles. The van der Waals surface area contributed by atoms with Gasteiger partial charge in [-0.25, -0.2) is 4.79 Å². The number of ether oxygens (including phenoxy) is 5. The first-order chi connectivity index (χ1) is 18.0. The lowest BCUT2D eigenvalue weighted by molar-refractivity contribution is -0.272. The summed E-state index contributed by atoms with van der Waals surface area (Å²) in [7, 11) is 0. The van der Waals surface area contributed by atoms with E-state index in [0.29, 0.717) is 5.57 Å². The van der Waals surface area contributed by atoms with Crippen LogP contribution in [0.1, 0.15) is 54.4 Å². The molecular weight excluding hydrogens is 540 g/mol. The fourth-order valence-electron chi connectivity index (χ4n) is 6.98. The molecule has 12 nitrogen and oxygen atoms in total. The molecule has 0 aromatic rings. The van der Waals surface area contributed by atoms with Crippen molar-refractivity contribution in [2.24, 2.45) is 11.3 Å². The Morgan fingerprint density at radius 2 is 1.54 bits per heavy atom. The summed E-state index contributed by atoms with van der Waals surface area (Å²) in [6.07, 6.45) is -7.06. The fourth-order valence-corrected chi connectivity index (χ4v) is 7.24. The van der Waals surface area contributed by atoms with Crippen molar-refractivity contribution in [2.45, 2.75) is 108 Å². The number of aliphatic hydroxyl groups excluding tert-OH is 2. The summed E-state index contributed by atoms with van der Waals surface area (Å²) >= 11 is 6.27. The largest absolute Gasteiger partial charge is 0.462 e. The van der Waals surface area contributed by atoms with Gasteiger partial charge in [0.1, 0.15) is 18.3 Å². The molecule has 218 valence electrons. The zero-order chi connectivity index (χ0) is 29.3. The van der Waals surface area contributed by atoms with Gasteiger partial charge >= 0.3 is 23.9 Å². The van der Waals surface area contributed by atoms with Crippen molar-refractivity contribution < 1.29 is 58.2 Å². The number of rotatable bonds is 4. The highest BCUT2D eigenvalue weighted by Gasteiger charge is 2.87. The summed E-state index contributed by atoms with van der Waals surface area (Å²) in [5.41, 5.74) is -6.79. The maximum atomic E-state index is 12.9. The number of hydrogen-bond acceptors (Lipinski definition) is 12. The highest BCUT2D eigenvalue weighted by molar-refractivity contribution is 6.19. The molecule has 2 aliphatic heterocycles. The van der Waals surface area contributed by atoms with Crippen LogP contribution in [-0.4, -0.2) is 98.5 Å². The normalized spacial score (nSPS) is 48.2. The van der Waals surface area contributed by atoms with Gasteiger partial charge in [0.2, 0.25) is 0 Å². The van der Waals surface area contributed by atoms with E-state index in [-0.39, 0.29) is 18.7 Å². The second-order valence-corrected chi connectivity index (χ2v) is 11.7. The van der Waals surface area contributed by atoms with Crippen molar-refractivity contribution in [2.75, 3.05) is 5.88 Å². The lowest BCUT2D eigenvalue weighted by Crippen LogP contribution is -2.72. The van der Waals surface area contributed by atoms with Crippen LogP contribution in [0.3, 0.4) is 0 Å². The van der Waals surface area contributed by atoms with Gasteiger partial charge in [-0.2, -0.15) is 0 Å². The van der Waals surface area contributed by atoms with E-state index in [9.17, 15) is 34.5 Å². The number of alkyl halides is 1. The number of carbonyl (C=O) groups excluding carboxylic acids is 4. The van der Waals surface area contributed by atoms with E-state index in [4.69, 9.17) is 35.3 Å². The summed E-state index contributed by atoms with van der Waals surface area (Å²) in [5, 5.41) is 34.9. The second-order valence-electron chi connectivity index (χ2n) is 11.4. The fraction of sp³-hybridized carbons (Fsp3) is 0.769. The van der Waals surface area contributed by atoms with Crippen LogP contribution in [0, 0.1) is 11.3 Å². The smallest absolute Gasteiger partial charge is 0.342 e. The Morgan fingerprint density at radius 3 is 2.03 bits per heavy atom. The van der Waals surface area contributed by atoms with E-state index < -0.39 is 88.6 Å². The highest BCUT2D eigenvalue weighted by atomic mass is 35.5. The van der Waals surface area contributed by atoms with Crippen molar-refractivity contribution in [3.63, 3.8) is 0 Å². The van der Waals surface area contributed by atoms with E-state index in [0.717, 1.165) is 13.8 Å². The molecule has 2 saturated heterocycles. The average Bonchev–Trinajstić information content (AvgIpc) is 3.39. The maximum Gasteiger partial charge on any atom is 0.342 e. The van der Waals surface area contributed by atoms with Gasteiger partial charge in [0.15, 0.2) is 17.3 Å². The third-order valence-corrected chi connectivity index (χ3v) is 9.27. The molecule has 2 aliphatic carbocycles. The van der Waals surface area contributed by atoms with Crippen LogP contribution in [0.25, 0.3) is 0 Å². The topological polar surface area (TPSA) is 178 Å². The first-order valence-corrected chi connectivity index (χ1v) is 13.3. The Balaban J connectivity index is 2.03. The van der Waals surface area contributed by atoms with Crippen molar-refractivity contribution in [3.8, 4) is 0 Å². The number of esters is 4. The zero-order valence-electron chi connectivity index (χ0n) is 22.6. The van der Waals surface area contributed by atoms with E-state index in [2.05, 4.69) is 0 Å². The molecule has 0 aromatic heterocycles. The van der Waals surface area contributed by atoms with Crippen LogP contribution in [-0.2, 0) is 42.9 Å². The summed E-state index contributed by atoms with van der Waals surface area (Å²) in [6, 6.07) is 0. The molecule has 1 saturated carbocycles. The summed E-state index contributed by atoms with van der Waals surface area (Å²) < 4.78 is 28.5. The average molecular weight is 575 g/mol. The Morgan fingerprint density at radius 1 is 1.00 bits per heavy atom. The third-order valence-electron chi connectivity index (χ3n) is 8.96. The Labute approximate surface area is 230 Å². The molecule has 11 atom stereocenters. The van der Waals surface area contributed by atoms with Gasteiger partial charge in [-0.15, -0.1) is 11.6 Å². The molecule has 3 N–H and O–H groups in total. The van der Waals surface area contributed by atoms with Crippen molar-refractivity contribution in [1.82, 2.24) is 0 Å². The minimum atomic E-state index is -2.07. The summed E-state index contributed by atoms with van der Waals surface area (Å²) in [5.74, 6) is -4.52. The Bertz CT molecular complexity index is 1100. The van der Waals surface area contributed by atoms with Crippen molar-refractivity contribution in [3.05, 3.63) is 11.6 Å². The SMILES string of the molecule is CC(=O)O[C@H]1C[C@@H](OC(C)=O)/C(CCl)=C\[C@@H]2OC(=O)[C@@]3(C)O[C@]23[C@@H](O)[C@H]2[C@](C)(O)[C@@H](O)C[C@H](OC(C)=O)[C@]12C. The highest BCUT2D eigenvalue weighted by Crippen LogP contribution is 2.65. The minimum Gasteiger partial charge on any atom is -0.462 e. The first kappa shape index (κ1) is 29.7. The standard InChI is InChI=1S/C26H35ClO12/c1-11(28)35-15-8-17(36-12(2)29)23(4)18(37-13(3)30)9-16(31)24(5,34)20(23)21(32)26-19(7-14(15)10-27)38-22(33)25(26,6)39-26/h7,15-21,31-32,34H,8-10H2,1-6H3/b14-7-/t15-,16+,17+,18+,19+,20-,21+,23+,24-,25-,26+/m1/s1. The quantitative estimate of drug-likeness (QED) is 0.138. The van der Waals surface area contributed by atoms with E-state index in [1.165, 1.54) is 26.8 Å². The van der Waals surface area contributed by atoms with Crippen LogP contribution < -0.4 is 0 Å². The molecule has 39 heavy (non-hydrogen) atoms. The van der Waals surface area contributed by atoms with Gasteiger partial charge in [-0.3, -0.25) is 14.4 Å². The van der Waals surface area contributed by atoms with Gasteiger partial charge in [0.05, 0.1) is 23.2 Å². The zero-order valence-corrected chi connectivity index (χ0v) is 23.4. The van der Waals surface area contributed by atoms with Crippen LogP contribution in [0.5, 0.6) is 0 Å². The predicted octanol–water partition coefficient (Wildman–Crippen LogP) is 0.303. The Hall–Kier alpha value is -2.25. The maximum absolute atomic E-state index is 12.9. The van der Waals surface area contributed by atoms with Gasteiger partial charge in [-0.1, -0.05) is 6.92 Å².